The van der Waals surface area contributed by atoms with Crippen LogP contribution in [0.1, 0.15) is 43.4 Å². The number of nitrogen functional groups attached to an aromatic ring is 1. The number of amides is 1. The molecule has 1 atom stereocenters. The summed E-state index contributed by atoms with van der Waals surface area (Å²) >= 11 is 0. The molecule has 2 heterocycles. The molecule has 1 aromatic rings. The van der Waals surface area contributed by atoms with Crippen molar-refractivity contribution in [3.8, 4) is 0 Å². The molecule has 1 fully saturated rings. The topological polar surface area (TPSA) is 84.4 Å². The third kappa shape index (κ3) is 3.33. The fourth-order valence-corrected chi connectivity index (χ4v) is 2.47. The van der Waals surface area contributed by atoms with Crippen LogP contribution in [0.15, 0.2) is 10.6 Å². The second-order valence-corrected chi connectivity index (χ2v) is 6.24. The molecule has 0 spiro atoms. The molecule has 6 heteroatoms. The Hall–Kier alpha value is -1.40. The molecule has 0 bridgehead atoms. The fourth-order valence-electron chi connectivity index (χ4n) is 2.47. The molecule has 1 aliphatic heterocycles. The summed E-state index contributed by atoms with van der Waals surface area (Å²) in [6.45, 7) is 9.64. The molecule has 1 amide bonds. The lowest BCUT2D eigenvalue weighted by molar-refractivity contribution is 0.0944. The molecule has 6 nitrogen and oxygen atoms in total. The van der Waals surface area contributed by atoms with Gasteiger partial charge < -0.3 is 4.52 Å². The highest BCUT2D eigenvalue weighted by atomic mass is 16.5. The first-order valence-electron chi connectivity index (χ1n) is 6.59. The first-order valence-corrected chi connectivity index (χ1v) is 6.59. The standard InChI is InChI=1S/C13H22N4O2/c1-13(2,3)9-4-5-17(7-9)8-10-6-11(16-19-10)12(18)15-14/h6,9H,4-5,7-8,14H2,1-3H3,(H,15,18). The maximum atomic E-state index is 11.3. The molecule has 0 aromatic carbocycles. The van der Waals surface area contributed by atoms with Crippen LogP contribution < -0.4 is 11.3 Å². The summed E-state index contributed by atoms with van der Waals surface area (Å²) in [5.41, 5.74) is 2.60. The van der Waals surface area contributed by atoms with Crippen LogP contribution in [0.4, 0.5) is 0 Å². The Labute approximate surface area is 113 Å². The second-order valence-electron chi connectivity index (χ2n) is 6.24. The Morgan fingerprint density at radius 3 is 2.95 bits per heavy atom. The van der Waals surface area contributed by atoms with E-state index in [0.29, 0.717) is 23.6 Å². The summed E-state index contributed by atoms with van der Waals surface area (Å²) in [5, 5.41) is 3.70. The van der Waals surface area contributed by atoms with Gasteiger partial charge in [0.25, 0.3) is 5.91 Å². The first kappa shape index (κ1) is 14.0. The van der Waals surface area contributed by atoms with Gasteiger partial charge in [0.05, 0.1) is 6.54 Å². The van der Waals surface area contributed by atoms with Crippen LogP contribution in [-0.4, -0.2) is 29.1 Å². The van der Waals surface area contributed by atoms with Crippen LogP contribution in [0.5, 0.6) is 0 Å². The summed E-state index contributed by atoms with van der Waals surface area (Å²) in [6.07, 6.45) is 1.20. The van der Waals surface area contributed by atoms with Crippen molar-refractivity contribution < 1.29 is 9.32 Å². The van der Waals surface area contributed by atoms with Gasteiger partial charge in [0, 0.05) is 12.6 Å². The maximum absolute atomic E-state index is 11.3. The lowest BCUT2D eigenvalue weighted by atomic mass is 9.80. The van der Waals surface area contributed by atoms with Crippen molar-refractivity contribution in [2.24, 2.45) is 17.2 Å². The molecule has 1 unspecified atom stereocenters. The number of nitrogens with two attached hydrogens (primary N) is 1. The highest BCUT2D eigenvalue weighted by molar-refractivity contribution is 5.91. The molecule has 0 aliphatic carbocycles. The Balaban J connectivity index is 1.92. The van der Waals surface area contributed by atoms with Crippen LogP contribution in [0.25, 0.3) is 0 Å². The van der Waals surface area contributed by atoms with Crippen molar-refractivity contribution in [1.29, 1.82) is 0 Å². The van der Waals surface area contributed by atoms with Crippen LogP contribution in [0.2, 0.25) is 0 Å². The first-order chi connectivity index (χ1) is 8.90. The molecular weight excluding hydrogens is 244 g/mol. The van der Waals surface area contributed by atoms with Crippen molar-refractivity contribution >= 4 is 5.91 Å². The number of hydrazine groups is 1. The van der Waals surface area contributed by atoms with Gasteiger partial charge >= 0.3 is 0 Å². The molecule has 3 N–H and O–H groups in total. The van der Waals surface area contributed by atoms with Gasteiger partial charge in [-0.25, -0.2) is 5.84 Å². The van der Waals surface area contributed by atoms with Gasteiger partial charge in [0.2, 0.25) is 0 Å². The summed E-state index contributed by atoms with van der Waals surface area (Å²) in [7, 11) is 0. The largest absolute Gasteiger partial charge is 0.359 e. The number of likely N-dealkylation sites (tertiary alicyclic amines) is 1. The zero-order valence-electron chi connectivity index (χ0n) is 11.8. The van der Waals surface area contributed by atoms with E-state index in [9.17, 15) is 4.79 Å². The molecule has 1 aliphatic rings. The SMILES string of the molecule is CC(C)(C)C1CCN(Cc2cc(C(=O)NN)no2)C1. The van der Waals surface area contributed by atoms with E-state index < -0.39 is 5.91 Å². The van der Waals surface area contributed by atoms with Gasteiger partial charge in [0.1, 0.15) is 0 Å². The van der Waals surface area contributed by atoms with E-state index >= 15 is 0 Å². The normalized spacial score (nSPS) is 20.7. The van der Waals surface area contributed by atoms with E-state index in [0.717, 1.165) is 13.1 Å². The Morgan fingerprint density at radius 2 is 2.37 bits per heavy atom. The van der Waals surface area contributed by atoms with Gasteiger partial charge in [-0.1, -0.05) is 25.9 Å². The van der Waals surface area contributed by atoms with Gasteiger partial charge in [-0.3, -0.25) is 15.1 Å². The third-order valence-electron chi connectivity index (χ3n) is 3.80. The summed E-state index contributed by atoms with van der Waals surface area (Å²) in [6, 6.07) is 1.65. The number of hydrogen-bond donors (Lipinski definition) is 2. The van der Waals surface area contributed by atoms with Gasteiger partial charge in [0.15, 0.2) is 11.5 Å². The molecule has 0 saturated carbocycles. The van der Waals surface area contributed by atoms with E-state index in [1.165, 1.54) is 6.42 Å². The highest BCUT2D eigenvalue weighted by Crippen LogP contribution is 2.34. The van der Waals surface area contributed by atoms with Crippen LogP contribution in [0.3, 0.4) is 0 Å². The Morgan fingerprint density at radius 1 is 1.63 bits per heavy atom. The molecule has 0 radical (unpaired) electrons. The molecule has 1 saturated heterocycles. The average molecular weight is 266 g/mol. The number of rotatable bonds is 3. The quantitative estimate of drug-likeness (QED) is 0.487. The Bertz CT molecular complexity index is 450. The van der Waals surface area contributed by atoms with Crippen molar-refractivity contribution in [3.05, 3.63) is 17.5 Å². The smallest absolute Gasteiger partial charge is 0.287 e. The van der Waals surface area contributed by atoms with Crippen LogP contribution >= 0.6 is 0 Å². The number of aromatic nitrogens is 1. The minimum atomic E-state index is -0.427. The minimum Gasteiger partial charge on any atom is -0.359 e. The van der Waals surface area contributed by atoms with Gasteiger partial charge in [-0.2, -0.15) is 0 Å². The van der Waals surface area contributed by atoms with Crippen LogP contribution in [-0.2, 0) is 6.54 Å². The molecule has 1 aromatic heterocycles. The van der Waals surface area contributed by atoms with Crippen LogP contribution in [0, 0.1) is 11.3 Å². The Kier molecular flexibility index (Phi) is 3.91. The number of hydrogen-bond acceptors (Lipinski definition) is 5. The van der Waals surface area contributed by atoms with E-state index in [1.54, 1.807) is 6.07 Å². The number of nitrogens with one attached hydrogen (secondary N) is 1. The maximum Gasteiger partial charge on any atom is 0.287 e. The van der Waals surface area contributed by atoms with E-state index in [-0.39, 0.29) is 5.69 Å². The lowest BCUT2D eigenvalue weighted by Gasteiger charge is -2.26. The summed E-state index contributed by atoms with van der Waals surface area (Å²) < 4.78 is 5.16. The van der Waals surface area contributed by atoms with E-state index in [1.807, 2.05) is 5.43 Å². The highest BCUT2D eigenvalue weighted by Gasteiger charge is 2.32. The summed E-state index contributed by atoms with van der Waals surface area (Å²) in [4.78, 5) is 13.6. The number of carbonyl (C=O) groups excluding carboxylic acids is 1. The minimum absolute atomic E-state index is 0.226. The lowest BCUT2D eigenvalue weighted by Crippen LogP contribution is -2.30. The molecular formula is C13H22N4O2. The van der Waals surface area contributed by atoms with Crippen molar-refractivity contribution in [2.75, 3.05) is 13.1 Å². The van der Waals surface area contributed by atoms with E-state index in [2.05, 4.69) is 30.8 Å². The summed E-state index contributed by atoms with van der Waals surface area (Å²) in [5.74, 6) is 6.02. The zero-order chi connectivity index (χ0) is 14.0. The second kappa shape index (κ2) is 5.30. The molecule has 19 heavy (non-hydrogen) atoms. The molecule has 106 valence electrons. The van der Waals surface area contributed by atoms with Gasteiger partial charge in [-0.05, 0) is 24.3 Å². The predicted octanol–water partition coefficient (Wildman–Crippen LogP) is 1.15. The van der Waals surface area contributed by atoms with Crippen molar-refractivity contribution in [3.63, 3.8) is 0 Å². The monoisotopic (exact) mass is 266 g/mol. The fraction of sp³-hybridized carbons (Fsp3) is 0.692. The van der Waals surface area contributed by atoms with Crippen molar-refractivity contribution in [1.82, 2.24) is 15.5 Å². The third-order valence-corrected chi connectivity index (χ3v) is 3.80. The predicted molar refractivity (Wildman–Crippen MR) is 71.0 cm³/mol. The molecule has 2 rings (SSSR count). The zero-order valence-corrected chi connectivity index (χ0v) is 11.8. The average Bonchev–Trinajstić information content (AvgIpc) is 2.97. The van der Waals surface area contributed by atoms with E-state index in [4.69, 9.17) is 10.4 Å². The number of nitrogens with zero attached hydrogens (tertiary/aromatic N) is 2. The van der Waals surface area contributed by atoms with Gasteiger partial charge in [-0.15, -0.1) is 0 Å². The van der Waals surface area contributed by atoms with Crippen molar-refractivity contribution in [2.45, 2.75) is 33.7 Å². The number of carbonyl (C=O) groups is 1.